The zero-order valence-corrected chi connectivity index (χ0v) is 11.1. The van der Waals surface area contributed by atoms with Crippen LogP contribution in [-0.2, 0) is 7.05 Å². The Morgan fingerprint density at radius 3 is 2.59 bits per heavy atom. The molecule has 1 heterocycles. The first-order chi connectivity index (χ1) is 8.27. The molecule has 0 saturated carbocycles. The molecule has 4 nitrogen and oxygen atoms in total. The third-order valence-electron chi connectivity index (χ3n) is 2.17. The molecular weight excluding hydrogens is 254 g/mol. The van der Waals surface area contributed by atoms with Crippen LogP contribution in [0.5, 0.6) is 0 Å². The Labute approximate surface area is 108 Å². The average Bonchev–Trinajstić information content (AvgIpc) is 2.67. The molecule has 2 rings (SSSR count). The SMILES string of the molecule is Cn1c(SCCSc2ccccc2)n[nH]c1=O. The minimum atomic E-state index is -0.164. The summed E-state index contributed by atoms with van der Waals surface area (Å²) in [5.74, 6) is 1.92. The lowest BCUT2D eigenvalue weighted by molar-refractivity contribution is 0.766. The molecule has 0 amide bonds. The zero-order valence-electron chi connectivity index (χ0n) is 9.42. The van der Waals surface area contributed by atoms with E-state index in [4.69, 9.17) is 0 Å². The molecule has 90 valence electrons. The number of benzene rings is 1. The second-order valence-electron chi connectivity index (χ2n) is 3.38. The lowest BCUT2D eigenvalue weighted by Crippen LogP contribution is -2.12. The third kappa shape index (κ3) is 3.41. The van der Waals surface area contributed by atoms with Gasteiger partial charge in [-0.1, -0.05) is 30.0 Å². The molecule has 1 aromatic carbocycles. The van der Waals surface area contributed by atoms with Gasteiger partial charge in [-0.05, 0) is 12.1 Å². The second-order valence-corrected chi connectivity index (χ2v) is 5.61. The molecule has 0 aliphatic rings. The van der Waals surface area contributed by atoms with Crippen molar-refractivity contribution in [3.05, 3.63) is 40.8 Å². The summed E-state index contributed by atoms with van der Waals surface area (Å²) in [7, 11) is 1.72. The van der Waals surface area contributed by atoms with Crippen LogP contribution in [0.15, 0.2) is 45.2 Å². The van der Waals surface area contributed by atoms with E-state index in [-0.39, 0.29) is 5.69 Å². The molecule has 17 heavy (non-hydrogen) atoms. The number of H-pyrrole nitrogens is 1. The lowest BCUT2D eigenvalue weighted by atomic mass is 10.4. The Morgan fingerprint density at radius 1 is 1.24 bits per heavy atom. The van der Waals surface area contributed by atoms with Gasteiger partial charge in [0.05, 0.1) is 0 Å². The molecule has 0 aliphatic carbocycles. The number of nitrogens with one attached hydrogen (secondary N) is 1. The van der Waals surface area contributed by atoms with Gasteiger partial charge in [0.25, 0.3) is 0 Å². The van der Waals surface area contributed by atoms with Crippen LogP contribution in [-0.4, -0.2) is 26.3 Å². The number of aromatic nitrogens is 3. The summed E-state index contributed by atoms with van der Waals surface area (Å²) in [6.45, 7) is 0. The van der Waals surface area contributed by atoms with E-state index >= 15 is 0 Å². The number of aromatic amines is 1. The summed E-state index contributed by atoms with van der Waals surface area (Å²) in [6.07, 6.45) is 0. The van der Waals surface area contributed by atoms with Crippen LogP contribution in [0.3, 0.4) is 0 Å². The van der Waals surface area contributed by atoms with Crippen LogP contribution in [0.4, 0.5) is 0 Å². The topological polar surface area (TPSA) is 50.7 Å². The first-order valence-electron chi connectivity index (χ1n) is 5.19. The van der Waals surface area contributed by atoms with E-state index in [1.165, 1.54) is 9.46 Å². The van der Waals surface area contributed by atoms with Gasteiger partial charge in [0.1, 0.15) is 0 Å². The highest BCUT2D eigenvalue weighted by molar-refractivity contribution is 8.02. The van der Waals surface area contributed by atoms with Crippen molar-refractivity contribution < 1.29 is 0 Å². The molecule has 0 bridgehead atoms. The maximum Gasteiger partial charge on any atom is 0.343 e. The minimum absolute atomic E-state index is 0.164. The fourth-order valence-corrected chi connectivity index (χ4v) is 3.09. The van der Waals surface area contributed by atoms with Gasteiger partial charge in [-0.3, -0.25) is 4.57 Å². The summed E-state index contributed by atoms with van der Waals surface area (Å²) in [4.78, 5) is 12.4. The van der Waals surface area contributed by atoms with E-state index in [0.717, 1.165) is 16.7 Å². The first kappa shape index (κ1) is 12.3. The molecule has 0 saturated heterocycles. The Kier molecular flexibility index (Phi) is 4.33. The van der Waals surface area contributed by atoms with E-state index in [2.05, 4.69) is 22.3 Å². The van der Waals surface area contributed by atoms with Gasteiger partial charge in [-0.2, -0.15) is 0 Å². The third-order valence-corrected chi connectivity index (χ3v) is 4.47. The van der Waals surface area contributed by atoms with Gasteiger partial charge in [-0.25, -0.2) is 9.89 Å². The standard InChI is InChI=1S/C11H13N3OS2/c1-14-10(15)12-13-11(14)17-8-7-16-9-5-3-2-4-6-9/h2-6H,7-8H2,1H3,(H,12,15). The Bertz CT molecular complexity index is 521. The summed E-state index contributed by atoms with van der Waals surface area (Å²) in [5, 5.41) is 7.10. The minimum Gasteiger partial charge on any atom is -0.273 e. The summed E-state index contributed by atoms with van der Waals surface area (Å²) in [5.41, 5.74) is -0.164. The normalized spacial score (nSPS) is 10.6. The van der Waals surface area contributed by atoms with Crippen molar-refractivity contribution in [1.82, 2.24) is 14.8 Å². The van der Waals surface area contributed by atoms with Gasteiger partial charge in [0.2, 0.25) is 0 Å². The molecule has 0 spiro atoms. The number of rotatable bonds is 5. The van der Waals surface area contributed by atoms with Crippen molar-refractivity contribution in [3.63, 3.8) is 0 Å². The molecule has 0 fully saturated rings. The van der Waals surface area contributed by atoms with E-state index in [1.54, 1.807) is 30.6 Å². The van der Waals surface area contributed by atoms with Crippen molar-refractivity contribution in [2.45, 2.75) is 10.1 Å². The van der Waals surface area contributed by atoms with Gasteiger partial charge in [-0.15, -0.1) is 16.9 Å². The highest BCUT2D eigenvalue weighted by atomic mass is 32.2. The molecule has 0 unspecified atom stereocenters. The zero-order chi connectivity index (χ0) is 12.1. The van der Waals surface area contributed by atoms with E-state index in [1.807, 2.05) is 18.2 Å². The first-order valence-corrected chi connectivity index (χ1v) is 7.16. The van der Waals surface area contributed by atoms with Crippen molar-refractivity contribution in [2.24, 2.45) is 7.05 Å². The highest BCUT2D eigenvalue weighted by Crippen LogP contribution is 2.20. The number of nitrogens with zero attached hydrogens (tertiary/aromatic N) is 2. The van der Waals surface area contributed by atoms with Gasteiger partial charge < -0.3 is 0 Å². The summed E-state index contributed by atoms with van der Waals surface area (Å²) < 4.78 is 1.53. The van der Waals surface area contributed by atoms with E-state index in [0.29, 0.717) is 0 Å². The number of hydrogen-bond donors (Lipinski definition) is 1. The van der Waals surface area contributed by atoms with Crippen molar-refractivity contribution >= 4 is 23.5 Å². The van der Waals surface area contributed by atoms with Crippen molar-refractivity contribution in [3.8, 4) is 0 Å². The lowest BCUT2D eigenvalue weighted by Gasteiger charge is -2.01. The molecule has 1 aromatic heterocycles. The van der Waals surface area contributed by atoms with Gasteiger partial charge in [0, 0.05) is 23.4 Å². The van der Waals surface area contributed by atoms with Crippen molar-refractivity contribution in [2.75, 3.05) is 11.5 Å². The Morgan fingerprint density at radius 2 is 1.94 bits per heavy atom. The number of hydrogen-bond acceptors (Lipinski definition) is 4. The predicted octanol–water partition coefficient (Wildman–Crippen LogP) is 1.99. The molecule has 6 heteroatoms. The van der Waals surface area contributed by atoms with Crippen molar-refractivity contribution in [1.29, 1.82) is 0 Å². The molecule has 0 atom stereocenters. The maximum atomic E-state index is 11.1. The summed E-state index contributed by atoms with van der Waals surface area (Å²) >= 11 is 3.39. The Balaban J connectivity index is 1.77. The molecule has 0 aliphatic heterocycles. The van der Waals surface area contributed by atoms with Gasteiger partial charge >= 0.3 is 5.69 Å². The number of thioether (sulfide) groups is 2. The van der Waals surface area contributed by atoms with E-state index < -0.39 is 0 Å². The monoisotopic (exact) mass is 267 g/mol. The highest BCUT2D eigenvalue weighted by Gasteiger charge is 2.03. The van der Waals surface area contributed by atoms with Crippen LogP contribution < -0.4 is 5.69 Å². The fourth-order valence-electron chi connectivity index (χ4n) is 1.27. The summed E-state index contributed by atoms with van der Waals surface area (Å²) in [6, 6.07) is 10.3. The van der Waals surface area contributed by atoms with Gasteiger partial charge in [0.15, 0.2) is 5.16 Å². The molecule has 0 radical (unpaired) electrons. The second kappa shape index (κ2) is 5.97. The quantitative estimate of drug-likeness (QED) is 0.665. The smallest absolute Gasteiger partial charge is 0.273 e. The molecule has 2 aromatic rings. The predicted molar refractivity (Wildman–Crippen MR) is 71.7 cm³/mol. The van der Waals surface area contributed by atoms with Crippen LogP contribution in [0.1, 0.15) is 0 Å². The van der Waals surface area contributed by atoms with E-state index in [9.17, 15) is 4.79 Å². The molecule has 1 N–H and O–H groups in total. The fraction of sp³-hybridized carbons (Fsp3) is 0.273. The average molecular weight is 267 g/mol. The van der Waals surface area contributed by atoms with Crippen LogP contribution in [0.2, 0.25) is 0 Å². The molecular formula is C11H13N3OS2. The Hall–Kier alpha value is -1.14. The van der Waals surface area contributed by atoms with Crippen LogP contribution >= 0.6 is 23.5 Å². The van der Waals surface area contributed by atoms with Crippen LogP contribution in [0.25, 0.3) is 0 Å². The van der Waals surface area contributed by atoms with Crippen LogP contribution in [0, 0.1) is 0 Å². The largest absolute Gasteiger partial charge is 0.343 e. The maximum absolute atomic E-state index is 11.1.